The van der Waals surface area contributed by atoms with Gasteiger partial charge in [0.05, 0.1) is 31.3 Å². The normalized spacial score (nSPS) is 11.7. The van der Waals surface area contributed by atoms with Gasteiger partial charge >= 0.3 is 5.97 Å². The molecule has 1 heterocycles. The topological polar surface area (TPSA) is 86.1 Å². The number of rotatable bonds is 10. The van der Waals surface area contributed by atoms with Gasteiger partial charge in [0.15, 0.2) is 0 Å². The molecule has 31 heavy (non-hydrogen) atoms. The third-order valence-corrected chi connectivity index (χ3v) is 5.08. The van der Waals surface area contributed by atoms with Crippen LogP contribution in [0.15, 0.2) is 60.8 Å². The van der Waals surface area contributed by atoms with E-state index < -0.39 is 0 Å². The number of aromatic nitrogens is 3. The van der Waals surface area contributed by atoms with Crippen molar-refractivity contribution in [3.8, 4) is 16.9 Å². The highest BCUT2D eigenvalue weighted by molar-refractivity contribution is 5.78. The number of hydrogen-bond donors (Lipinski definition) is 1. The molecule has 0 saturated carbocycles. The number of hydrogen-bond acceptors (Lipinski definition) is 5. The van der Waals surface area contributed by atoms with E-state index in [0.717, 1.165) is 41.8 Å². The molecule has 2 aromatic carbocycles. The van der Waals surface area contributed by atoms with Crippen LogP contribution in [0.2, 0.25) is 0 Å². The smallest absolute Gasteiger partial charge is 0.308 e. The van der Waals surface area contributed by atoms with Crippen LogP contribution in [0.25, 0.3) is 16.9 Å². The van der Waals surface area contributed by atoms with E-state index in [9.17, 15) is 9.59 Å². The summed E-state index contributed by atoms with van der Waals surface area (Å²) in [5, 5.41) is 11.8. The number of methoxy groups -OCH3 is 1. The highest BCUT2D eigenvalue weighted by Gasteiger charge is 2.12. The van der Waals surface area contributed by atoms with Crippen molar-refractivity contribution < 1.29 is 14.3 Å². The molecule has 0 radical (unpaired) electrons. The van der Waals surface area contributed by atoms with Crippen molar-refractivity contribution in [3.05, 3.63) is 66.4 Å². The van der Waals surface area contributed by atoms with Gasteiger partial charge in [-0.1, -0.05) is 55.8 Å². The molecule has 7 nitrogen and oxygen atoms in total. The van der Waals surface area contributed by atoms with E-state index in [0.29, 0.717) is 13.0 Å². The van der Waals surface area contributed by atoms with Gasteiger partial charge in [0.2, 0.25) is 5.91 Å². The van der Waals surface area contributed by atoms with E-state index in [-0.39, 0.29) is 17.8 Å². The first kappa shape index (κ1) is 22.2. The van der Waals surface area contributed by atoms with Crippen LogP contribution in [0.1, 0.15) is 31.7 Å². The van der Waals surface area contributed by atoms with Crippen molar-refractivity contribution in [2.75, 3.05) is 13.7 Å². The molecule has 162 valence electrons. The maximum absolute atomic E-state index is 12.2. The van der Waals surface area contributed by atoms with E-state index in [1.165, 1.54) is 7.11 Å². The van der Waals surface area contributed by atoms with E-state index in [2.05, 4.69) is 15.5 Å². The maximum atomic E-state index is 12.2. The zero-order valence-corrected chi connectivity index (χ0v) is 18.0. The van der Waals surface area contributed by atoms with E-state index in [1.807, 2.05) is 61.5 Å². The highest BCUT2D eigenvalue weighted by atomic mass is 16.5. The van der Waals surface area contributed by atoms with Gasteiger partial charge < -0.3 is 10.1 Å². The fraction of sp³-hybridized carbons (Fsp3) is 0.333. The fourth-order valence-corrected chi connectivity index (χ4v) is 3.25. The molecule has 0 aliphatic carbocycles. The van der Waals surface area contributed by atoms with Gasteiger partial charge in [0, 0.05) is 12.1 Å². The molecule has 1 atom stereocenters. The van der Waals surface area contributed by atoms with Gasteiger partial charge in [0.25, 0.3) is 0 Å². The Bertz CT molecular complexity index is 984. The molecule has 1 amide bonds. The van der Waals surface area contributed by atoms with Gasteiger partial charge in [-0.3, -0.25) is 9.59 Å². The molecule has 7 heteroatoms. The van der Waals surface area contributed by atoms with Gasteiger partial charge in [0.1, 0.15) is 5.69 Å². The van der Waals surface area contributed by atoms with Crippen LogP contribution >= 0.6 is 0 Å². The zero-order chi connectivity index (χ0) is 22.1. The van der Waals surface area contributed by atoms with Crippen LogP contribution in [-0.2, 0) is 20.7 Å². The van der Waals surface area contributed by atoms with Gasteiger partial charge in [-0.25, -0.2) is 0 Å². The number of nitrogens with zero attached hydrogens (tertiary/aromatic N) is 3. The summed E-state index contributed by atoms with van der Waals surface area (Å²) in [5.41, 5.74) is 3.59. The quantitative estimate of drug-likeness (QED) is 0.400. The monoisotopic (exact) mass is 420 g/mol. The summed E-state index contributed by atoms with van der Waals surface area (Å²) in [6, 6.07) is 17.5. The number of unbranched alkanes of at least 4 members (excludes halogenated alkanes) is 1. The van der Waals surface area contributed by atoms with Gasteiger partial charge in [-0.15, -0.1) is 5.10 Å². The number of carbonyl (C=O) groups is 2. The molecule has 0 spiro atoms. The SMILES string of the molecule is COC(=O)[C@@H](C)CCCCNC(=O)Cc1ccc(-n2ncc(-c3ccccc3)n2)cc1. The molecule has 1 aromatic heterocycles. The summed E-state index contributed by atoms with van der Waals surface area (Å²) in [4.78, 5) is 25.1. The fourth-order valence-electron chi connectivity index (χ4n) is 3.25. The Hall–Kier alpha value is -3.48. The Labute approximate surface area is 182 Å². The Morgan fingerprint density at radius 2 is 1.81 bits per heavy atom. The zero-order valence-electron chi connectivity index (χ0n) is 18.0. The lowest BCUT2D eigenvalue weighted by atomic mass is 10.0. The van der Waals surface area contributed by atoms with E-state index in [4.69, 9.17) is 4.74 Å². The number of amides is 1. The molecular formula is C24H28N4O3. The van der Waals surface area contributed by atoms with Crippen LogP contribution in [-0.4, -0.2) is 40.5 Å². The predicted molar refractivity (Wildman–Crippen MR) is 119 cm³/mol. The first-order valence-electron chi connectivity index (χ1n) is 10.5. The lowest BCUT2D eigenvalue weighted by Gasteiger charge is -2.09. The minimum atomic E-state index is -0.186. The lowest BCUT2D eigenvalue weighted by molar-refractivity contribution is -0.145. The summed E-state index contributed by atoms with van der Waals surface area (Å²) in [6.45, 7) is 2.46. The second-order valence-electron chi connectivity index (χ2n) is 7.50. The molecule has 1 N–H and O–H groups in total. The predicted octanol–water partition coefficient (Wildman–Crippen LogP) is 3.57. The number of esters is 1. The molecule has 3 rings (SSSR count). The Kier molecular flexibility index (Phi) is 7.92. The third kappa shape index (κ3) is 6.50. The van der Waals surface area contributed by atoms with E-state index in [1.54, 1.807) is 11.0 Å². The first-order valence-corrected chi connectivity index (χ1v) is 10.5. The van der Waals surface area contributed by atoms with Crippen LogP contribution < -0.4 is 5.32 Å². The van der Waals surface area contributed by atoms with Gasteiger partial charge in [-0.05, 0) is 30.5 Å². The second-order valence-corrected chi connectivity index (χ2v) is 7.50. The summed E-state index contributed by atoms with van der Waals surface area (Å²) >= 11 is 0. The summed E-state index contributed by atoms with van der Waals surface area (Å²) in [7, 11) is 1.40. The van der Waals surface area contributed by atoms with Crippen molar-refractivity contribution in [1.29, 1.82) is 0 Å². The Balaban J connectivity index is 1.44. The molecule has 0 aliphatic heterocycles. The first-order chi connectivity index (χ1) is 15.1. The van der Waals surface area contributed by atoms with Crippen molar-refractivity contribution >= 4 is 11.9 Å². The lowest BCUT2D eigenvalue weighted by Crippen LogP contribution is -2.26. The van der Waals surface area contributed by atoms with Crippen LogP contribution in [0.4, 0.5) is 0 Å². The Morgan fingerprint density at radius 3 is 2.52 bits per heavy atom. The molecule has 0 unspecified atom stereocenters. The number of benzene rings is 2. The summed E-state index contributed by atoms with van der Waals surface area (Å²) in [6.07, 6.45) is 4.52. The number of nitrogens with one attached hydrogen (secondary N) is 1. The Morgan fingerprint density at radius 1 is 1.06 bits per heavy atom. The van der Waals surface area contributed by atoms with Crippen LogP contribution in [0.5, 0.6) is 0 Å². The second kappa shape index (κ2) is 11.1. The highest BCUT2D eigenvalue weighted by Crippen LogP contribution is 2.16. The minimum Gasteiger partial charge on any atom is -0.469 e. The van der Waals surface area contributed by atoms with Crippen molar-refractivity contribution in [3.63, 3.8) is 0 Å². The largest absolute Gasteiger partial charge is 0.469 e. The minimum absolute atomic E-state index is 0.0163. The molecular weight excluding hydrogens is 392 g/mol. The van der Waals surface area contributed by atoms with Crippen LogP contribution in [0.3, 0.4) is 0 Å². The molecule has 0 saturated heterocycles. The molecule has 0 aliphatic rings. The summed E-state index contributed by atoms with van der Waals surface area (Å²) in [5.74, 6) is -0.307. The van der Waals surface area contributed by atoms with Crippen molar-refractivity contribution in [1.82, 2.24) is 20.3 Å². The van der Waals surface area contributed by atoms with E-state index >= 15 is 0 Å². The average molecular weight is 421 g/mol. The molecule has 0 bridgehead atoms. The summed E-state index contributed by atoms with van der Waals surface area (Å²) < 4.78 is 4.71. The molecule has 0 fully saturated rings. The van der Waals surface area contributed by atoms with Crippen molar-refractivity contribution in [2.45, 2.75) is 32.6 Å². The number of carbonyl (C=O) groups excluding carboxylic acids is 2. The molecule has 3 aromatic rings. The maximum Gasteiger partial charge on any atom is 0.308 e. The number of ether oxygens (including phenoxy) is 1. The van der Waals surface area contributed by atoms with Gasteiger partial charge in [-0.2, -0.15) is 9.90 Å². The third-order valence-electron chi connectivity index (χ3n) is 5.08. The van der Waals surface area contributed by atoms with Crippen molar-refractivity contribution in [2.24, 2.45) is 5.92 Å². The van der Waals surface area contributed by atoms with Crippen LogP contribution in [0, 0.1) is 5.92 Å². The standard InChI is InChI=1S/C24H28N4O3/c1-18(24(30)31-2)8-6-7-15-25-23(29)16-19-11-13-21(14-12-19)28-26-17-22(27-28)20-9-4-3-5-10-20/h3-5,9-14,17-18H,6-8,15-16H2,1-2H3,(H,25,29)/t18-/m0/s1. The average Bonchev–Trinajstić information content (AvgIpc) is 3.29.